The summed E-state index contributed by atoms with van der Waals surface area (Å²) in [7, 11) is 2.70. The minimum absolute atomic E-state index is 0.204. The van der Waals surface area contributed by atoms with Crippen molar-refractivity contribution in [1.29, 1.82) is 0 Å². The largest absolute Gasteiger partial charge is 0.469 e. The Morgan fingerprint density at radius 1 is 1.07 bits per heavy atom. The van der Waals surface area contributed by atoms with E-state index in [0.717, 1.165) is 0 Å². The summed E-state index contributed by atoms with van der Waals surface area (Å²) in [6.45, 7) is 5.85. The number of carbonyl (C=O) groups is 2. The van der Waals surface area contributed by atoms with E-state index >= 15 is 0 Å². The Hall–Kier alpha value is -1.06. The average molecular weight is 216 g/mol. The average Bonchev–Trinajstić information content (AvgIpc) is 2.16. The molecule has 0 rings (SSSR count). The Labute approximate surface area is 90.9 Å². The van der Waals surface area contributed by atoms with Crippen molar-refractivity contribution in [3.8, 4) is 0 Å². The van der Waals surface area contributed by atoms with Crippen LogP contribution in [0.5, 0.6) is 0 Å². The summed E-state index contributed by atoms with van der Waals surface area (Å²) in [6.07, 6.45) is 0.465. The lowest BCUT2D eigenvalue weighted by Crippen LogP contribution is -2.30. The van der Waals surface area contributed by atoms with Crippen LogP contribution in [0.25, 0.3) is 0 Å². The number of rotatable bonds is 5. The van der Waals surface area contributed by atoms with Gasteiger partial charge >= 0.3 is 11.9 Å². The fourth-order valence-corrected chi connectivity index (χ4v) is 1.27. The molecular formula is C11H20O4. The first-order valence-corrected chi connectivity index (χ1v) is 4.99. The van der Waals surface area contributed by atoms with Gasteiger partial charge in [-0.05, 0) is 11.3 Å². The van der Waals surface area contributed by atoms with Crippen molar-refractivity contribution in [2.75, 3.05) is 14.2 Å². The molecule has 88 valence electrons. The SMILES string of the molecule is COC(=O)CC(C)(CC(=O)OC)C(C)C. The van der Waals surface area contributed by atoms with Crippen molar-refractivity contribution >= 4 is 11.9 Å². The Morgan fingerprint density at radius 3 is 1.60 bits per heavy atom. The maximum atomic E-state index is 11.2. The van der Waals surface area contributed by atoms with E-state index in [2.05, 4.69) is 9.47 Å². The van der Waals surface area contributed by atoms with Gasteiger partial charge < -0.3 is 9.47 Å². The van der Waals surface area contributed by atoms with Crippen molar-refractivity contribution in [3.05, 3.63) is 0 Å². The lowest BCUT2D eigenvalue weighted by Gasteiger charge is -2.31. The molecule has 0 amide bonds. The van der Waals surface area contributed by atoms with Gasteiger partial charge in [0.2, 0.25) is 0 Å². The van der Waals surface area contributed by atoms with Gasteiger partial charge in [0.25, 0.3) is 0 Å². The second kappa shape index (κ2) is 5.73. The van der Waals surface area contributed by atoms with Gasteiger partial charge in [0.15, 0.2) is 0 Å². The van der Waals surface area contributed by atoms with Crippen LogP contribution in [0, 0.1) is 11.3 Å². The molecule has 0 aliphatic rings. The normalized spacial score (nSPS) is 11.3. The Bertz CT molecular complexity index is 215. The summed E-state index contributed by atoms with van der Waals surface area (Å²) >= 11 is 0. The third-order valence-corrected chi connectivity index (χ3v) is 2.95. The van der Waals surface area contributed by atoms with Crippen molar-refractivity contribution in [2.45, 2.75) is 33.6 Å². The van der Waals surface area contributed by atoms with Crippen LogP contribution in [0.3, 0.4) is 0 Å². The molecular weight excluding hydrogens is 196 g/mol. The van der Waals surface area contributed by atoms with Crippen LogP contribution in [0.2, 0.25) is 0 Å². The zero-order chi connectivity index (χ0) is 12.1. The molecule has 0 atom stereocenters. The predicted octanol–water partition coefficient (Wildman–Crippen LogP) is 1.77. The molecule has 0 radical (unpaired) electrons. The molecule has 0 aromatic heterocycles. The van der Waals surface area contributed by atoms with Gasteiger partial charge in [-0.15, -0.1) is 0 Å². The molecule has 4 nitrogen and oxygen atoms in total. The van der Waals surface area contributed by atoms with Gasteiger partial charge in [-0.1, -0.05) is 20.8 Å². The Kier molecular flexibility index (Phi) is 5.33. The highest BCUT2D eigenvalue weighted by Crippen LogP contribution is 2.35. The van der Waals surface area contributed by atoms with Crippen LogP contribution in [0.15, 0.2) is 0 Å². The first-order chi connectivity index (χ1) is 6.85. The smallest absolute Gasteiger partial charge is 0.306 e. The first-order valence-electron chi connectivity index (χ1n) is 4.99. The molecule has 0 bridgehead atoms. The van der Waals surface area contributed by atoms with Crippen LogP contribution in [0.1, 0.15) is 33.6 Å². The molecule has 0 heterocycles. The monoisotopic (exact) mass is 216 g/mol. The fraction of sp³-hybridized carbons (Fsp3) is 0.818. The van der Waals surface area contributed by atoms with Crippen LogP contribution < -0.4 is 0 Å². The number of carbonyl (C=O) groups excluding carboxylic acids is 2. The summed E-state index contributed by atoms with van der Waals surface area (Å²) in [4.78, 5) is 22.5. The molecule has 4 heteroatoms. The van der Waals surface area contributed by atoms with E-state index in [1.165, 1.54) is 14.2 Å². The first kappa shape index (κ1) is 13.9. The predicted molar refractivity (Wildman–Crippen MR) is 56.2 cm³/mol. The molecule has 0 saturated carbocycles. The summed E-state index contributed by atoms with van der Waals surface area (Å²) in [5.74, 6) is -0.388. The Morgan fingerprint density at radius 2 is 1.40 bits per heavy atom. The zero-order valence-corrected chi connectivity index (χ0v) is 10.1. The fourth-order valence-electron chi connectivity index (χ4n) is 1.27. The van der Waals surface area contributed by atoms with Crippen molar-refractivity contribution in [3.63, 3.8) is 0 Å². The van der Waals surface area contributed by atoms with E-state index in [0.29, 0.717) is 0 Å². The van der Waals surface area contributed by atoms with Crippen LogP contribution in [-0.2, 0) is 19.1 Å². The molecule has 0 fully saturated rings. The number of ether oxygens (including phenoxy) is 2. The van der Waals surface area contributed by atoms with E-state index in [-0.39, 0.29) is 30.7 Å². The maximum absolute atomic E-state index is 11.2. The molecule has 0 aromatic rings. The van der Waals surface area contributed by atoms with Gasteiger partial charge in [-0.3, -0.25) is 9.59 Å². The minimum atomic E-state index is -0.403. The van der Waals surface area contributed by atoms with Gasteiger partial charge in [0.1, 0.15) is 0 Å². The lowest BCUT2D eigenvalue weighted by molar-refractivity contribution is -0.148. The summed E-state index contributed by atoms with van der Waals surface area (Å²) in [5, 5.41) is 0. The van der Waals surface area contributed by atoms with Crippen LogP contribution >= 0.6 is 0 Å². The van der Waals surface area contributed by atoms with E-state index in [1.54, 1.807) is 0 Å². The van der Waals surface area contributed by atoms with Crippen molar-refractivity contribution < 1.29 is 19.1 Å². The molecule has 0 aromatic carbocycles. The highest BCUT2D eigenvalue weighted by Gasteiger charge is 2.34. The van der Waals surface area contributed by atoms with Crippen molar-refractivity contribution in [1.82, 2.24) is 0 Å². The quantitative estimate of drug-likeness (QED) is 0.657. The molecule has 0 aliphatic heterocycles. The maximum Gasteiger partial charge on any atom is 0.306 e. The number of esters is 2. The Balaban J connectivity index is 4.59. The number of hydrogen-bond donors (Lipinski definition) is 0. The third-order valence-electron chi connectivity index (χ3n) is 2.95. The summed E-state index contributed by atoms with van der Waals surface area (Å²) < 4.78 is 9.24. The van der Waals surface area contributed by atoms with E-state index in [4.69, 9.17) is 0 Å². The summed E-state index contributed by atoms with van der Waals surface area (Å²) in [5.41, 5.74) is -0.403. The molecule has 15 heavy (non-hydrogen) atoms. The van der Waals surface area contributed by atoms with Crippen LogP contribution in [-0.4, -0.2) is 26.2 Å². The van der Waals surface area contributed by atoms with Gasteiger partial charge in [-0.25, -0.2) is 0 Å². The topological polar surface area (TPSA) is 52.6 Å². The molecule has 0 N–H and O–H groups in total. The number of methoxy groups -OCH3 is 2. The number of hydrogen-bond acceptors (Lipinski definition) is 4. The van der Waals surface area contributed by atoms with Gasteiger partial charge in [0, 0.05) is 0 Å². The standard InChI is InChI=1S/C11H20O4/c1-8(2)11(3,6-9(12)14-4)7-10(13)15-5/h8H,6-7H2,1-5H3. The third kappa shape index (κ3) is 4.32. The molecule has 0 spiro atoms. The van der Waals surface area contributed by atoms with Crippen molar-refractivity contribution in [2.24, 2.45) is 11.3 Å². The molecule has 0 unspecified atom stereocenters. The zero-order valence-electron chi connectivity index (χ0n) is 10.1. The lowest BCUT2D eigenvalue weighted by atomic mass is 9.74. The van der Waals surface area contributed by atoms with E-state index in [1.807, 2.05) is 20.8 Å². The molecule has 0 saturated heterocycles. The van der Waals surface area contributed by atoms with E-state index in [9.17, 15) is 9.59 Å². The minimum Gasteiger partial charge on any atom is -0.469 e. The highest BCUT2D eigenvalue weighted by atomic mass is 16.5. The van der Waals surface area contributed by atoms with Crippen LogP contribution in [0.4, 0.5) is 0 Å². The van der Waals surface area contributed by atoms with Gasteiger partial charge in [-0.2, -0.15) is 0 Å². The highest BCUT2D eigenvalue weighted by molar-refractivity contribution is 5.74. The molecule has 0 aliphatic carbocycles. The second-order valence-corrected chi connectivity index (χ2v) is 4.31. The summed E-state index contributed by atoms with van der Waals surface area (Å²) in [6, 6.07) is 0. The van der Waals surface area contributed by atoms with E-state index < -0.39 is 5.41 Å². The second-order valence-electron chi connectivity index (χ2n) is 4.31. The van der Waals surface area contributed by atoms with Gasteiger partial charge in [0.05, 0.1) is 27.1 Å².